The van der Waals surface area contributed by atoms with Gasteiger partial charge < -0.3 is 5.32 Å². The lowest BCUT2D eigenvalue weighted by Crippen LogP contribution is -2.45. The molecule has 2 aromatic rings. The zero-order chi connectivity index (χ0) is 20.9. The van der Waals surface area contributed by atoms with E-state index in [0.29, 0.717) is 25.9 Å². The molecule has 29 heavy (non-hydrogen) atoms. The number of amides is 1. The van der Waals surface area contributed by atoms with Crippen molar-refractivity contribution in [2.75, 3.05) is 19.6 Å². The summed E-state index contributed by atoms with van der Waals surface area (Å²) in [7, 11) is -3.72. The van der Waals surface area contributed by atoms with Crippen LogP contribution >= 0.6 is 0 Å². The number of nitrogens with zero attached hydrogens (tertiary/aromatic N) is 1. The third-order valence-electron chi connectivity index (χ3n) is 5.23. The van der Waals surface area contributed by atoms with Crippen LogP contribution in [0.4, 0.5) is 4.39 Å². The summed E-state index contributed by atoms with van der Waals surface area (Å²) in [6.07, 6.45) is 3.01. The van der Waals surface area contributed by atoms with Gasteiger partial charge in [0.05, 0.1) is 10.8 Å². The number of sulfonamides is 1. The van der Waals surface area contributed by atoms with Gasteiger partial charge in [-0.3, -0.25) is 4.79 Å². The molecule has 1 aliphatic heterocycles. The third kappa shape index (κ3) is 5.64. The molecule has 1 N–H and O–H groups in total. The summed E-state index contributed by atoms with van der Waals surface area (Å²) in [5, 5.41) is 2.95. The van der Waals surface area contributed by atoms with Gasteiger partial charge >= 0.3 is 0 Å². The van der Waals surface area contributed by atoms with Gasteiger partial charge in [0.15, 0.2) is 0 Å². The number of hydrogen-bond donors (Lipinski definition) is 1. The predicted octanol–water partition coefficient (Wildman–Crippen LogP) is 3.28. The largest absolute Gasteiger partial charge is 0.356 e. The Morgan fingerprint density at radius 2 is 1.97 bits per heavy atom. The molecule has 0 bridgehead atoms. The maximum Gasteiger partial charge on any atom is 0.243 e. The number of benzene rings is 2. The molecule has 1 heterocycles. The first-order valence-electron chi connectivity index (χ1n) is 9.95. The van der Waals surface area contributed by atoms with Gasteiger partial charge in [0.1, 0.15) is 5.82 Å². The van der Waals surface area contributed by atoms with Gasteiger partial charge in [-0.25, -0.2) is 12.8 Å². The third-order valence-corrected chi connectivity index (χ3v) is 7.11. The fraction of sp³-hybridized carbons (Fsp3) is 0.409. The van der Waals surface area contributed by atoms with Gasteiger partial charge in [-0.05, 0) is 62.4 Å². The minimum Gasteiger partial charge on any atom is -0.356 e. The lowest BCUT2D eigenvalue weighted by atomic mass is 9.98. The van der Waals surface area contributed by atoms with Crippen LogP contribution in [0.15, 0.2) is 53.4 Å². The van der Waals surface area contributed by atoms with Gasteiger partial charge in [0, 0.05) is 19.6 Å². The lowest BCUT2D eigenvalue weighted by molar-refractivity contribution is -0.126. The first kappa shape index (κ1) is 21.5. The quantitative estimate of drug-likeness (QED) is 0.702. The Bertz CT molecular complexity index is 945. The first-order valence-corrected chi connectivity index (χ1v) is 11.4. The molecular formula is C22H27FN2O3S. The number of rotatable bonds is 7. The van der Waals surface area contributed by atoms with Crippen LogP contribution in [-0.4, -0.2) is 38.3 Å². The van der Waals surface area contributed by atoms with Crippen LogP contribution in [0.1, 0.15) is 30.4 Å². The van der Waals surface area contributed by atoms with Crippen molar-refractivity contribution < 1.29 is 17.6 Å². The van der Waals surface area contributed by atoms with Crippen LogP contribution in [0, 0.1) is 18.7 Å². The Morgan fingerprint density at radius 1 is 1.21 bits per heavy atom. The Hall–Kier alpha value is -2.25. The van der Waals surface area contributed by atoms with Gasteiger partial charge in [-0.2, -0.15) is 4.31 Å². The molecule has 1 atom stereocenters. The number of hydrogen-bond acceptors (Lipinski definition) is 3. The van der Waals surface area contributed by atoms with Gasteiger partial charge in [0.2, 0.25) is 15.9 Å². The zero-order valence-corrected chi connectivity index (χ0v) is 17.4. The molecule has 0 spiro atoms. The van der Waals surface area contributed by atoms with Crippen LogP contribution in [0.2, 0.25) is 0 Å². The summed E-state index contributed by atoms with van der Waals surface area (Å²) in [5.74, 6) is -0.947. The van der Waals surface area contributed by atoms with E-state index in [9.17, 15) is 17.6 Å². The van der Waals surface area contributed by atoms with Crippen molar-refractivity contribution in [1.29, 1.82) is 0 Å². The van der Waals surface area contributed by atoms with E-state index in [1.165, 1.54) is 27.6 Å². The SMILES string of the molecule is Cc1cccc(CCCNC(=O)C2CCCN(S(=O)(=O)c3ccc(F)cc3)C2)c1. The fourth-order valence-electron chi connectivity index (χ4n) is 3.65. The Morgan fingerprint density at radius 3 is 2.69 bits per heavy atom. The summed E-state index contributed by atoms with van der Waals surface area (Å²) in [6, 6.07) is 13.1. The Balaban J connectivity index is 1.51. The monoisotopic (exact) mass is 418 g/mol. The molecule has 0 saturated carbocycles. The van der Waals surface area contributed by atoms with Crippen molar-refractivity contribution in [2.45, 2.75) is 37.5 Å². The van der Waals surface area contributed by atoms with Gasteiger partial charge in [-0.15, -0.1) is 0 Å². The molecule has 1 aliphatic rings. The first-order chi connectivity index (χ1) is 13.9. The molecular weight excluding hydrogens is 391 g/mol. The van der Waals surface area contributed by atoms with Crippen molar-refractivity contribution in [3.8, 4) is 0 Å². The van der Waals surface area contributed by atoms with E-state index < -0.39 is 15.8 Å². The van der Waals surface area contributed by atoms with Crippen molar-refractivity contribution in [1.82, 2.24) is 9.62 Å². The van der Waals surface area contributed by atoms with Crippen molar-refractivity contribution in [2.24, 2.45) is 5.92 Å². The van der Waals surface area contributed by atoms with Gasteiger partial charge in [-0.1, -0.05) is 29.8 Å². The van der Waals surface area contributed by atoms with Crippen LogP contribution in [-0.2, 0) is 21.2 Å². The molecule has 1 saturated heterocycles. The molecule has 0 aliphatic carbocycles. The van der Waals surface area contributed by atoms with E-state index in [4.69, 9.17) is 0 Å². The number of piperidine rings is 1. The predicted molar refractivity (Wildman–Crippen MR) is 110 cm³/mol. The van der Waals surface area contributed by atoms with E-state index in [2.05, 4.69) is 30.4 Å². The topological polar surface area (TPSA) is 66.5 Å². The highest BCUT2D eigenvalue weighted by Gasteiger charge is 2.33. The maximum absolute atomic E-state index is 13.1. The van der Waals surface area contributed by atoms with Crippen molar-refractivity contribution in [3.63, 3.8) is 0 Å². The van der Waals surface area contributed by atoms with Crippen LogP contribution in [0.3, 0.4) is 0 Å². The summed E-state index contributed by atoms with van der Waals surface area (Å²) < 4.78 is 40.0. The second kappa shape index (κ2) is 9.50. The summed E-state index contributed by atoms with van der Waals surface area (Å²) in [4.78, 5) is 12.6. The molecule has 1 fully saturated rings. The number of nitrogens with one attached hydrogen (secondary N) is 1. The zero-order valence-electron chi connectivity index (χ0n) is 16.6. The Kier molecular flexibility index (Phi) is 7.03. The number of halogens is 1. The standard InChI is InChI=1S/C22H27FN2O3S/c1-17-5-2-6-18(15-17)7-3-13-24-22(26)19-8-4-14-25(16-19)29(27,28)21-11-9-20(23)10-12-21/h2,5-6,9-12,15,19H,3-4,7-8,13-14,16H2,1H3,(H,24,26). The Labute approximate surface area is 172 Å². The van der Waals surface area contributed by atoms with Crippen molar-refractivity contribution in [3.05, 3.63) is 65.5 Å². The molecule has 2 aromatic carbocycles. The highest BCUT2D eigenvalue weighted by molar-refractivity contribution is 7.89. The molecule has 7 heteroatoms. The summed E-state index contributed by atoms with van der Waals surface area (Å²) >= 11 is 0. The van der Waals surface area contributed by atoms with E-state index in [1.807, 2.05) is 6.07 Å². The molecule has 156 valence electrons. The molecule has 3 rings (SSSR count). The van der Waals surface area contributed by atoms with Crippen LogP contribution < -0.4 is 5.32 Å². The smallest absolute Gasteiger partial charge is 0.243 e. The molecule has 0 aromatic heterocycles. The number of carbonyl (C=O) groups excluding carboxylic acids is 1. The van der Waals surface area contributed by atoms with E-state index >= 15 is 0 Å². The fourth-order valence-corrected chi connectivity index (χ4v) is 5.17. The molecule has 5 nitrogen and oxygen atoms in total. The molecule has 0 radical (unpaired) electrons. The van der Waals surface area contributed by atoms with Crippen molar-refractivity contribution >= 4 is 15.9 Å². The van der Waals surface area contributed by atoms with E-state index in [-0.39, 0.29) is 23.3 Å². The van der Waals surface area contributed by atoms with Crippen LogP contribution in [0.5, 0.6) is 0 Å². The van der Waals surface area contributed by atoms with E-state index in [0.717, 1.165) is 25.0 Å². The average molecular weight is 419 g/mol. The number of aryl methyl sites for hydroxylation is 2. The lowest BCUT2D eigenvalue weighted by Gasteiger charge is -2.31. The molecule has 1 amide bonds. The highest BCUT2D eigenvalue weighted by atomic mass is 32.2. The second-order valence-corrected chi connectivity index (χ2v) is 9.48. The summed E-state index contributed by atoms with van der Waals surface area (Å²) in [6.45, 7) is 3.15. The normalized spacial score (nSPS) is 17.8. The minimum atomic E-state index is -3.72. The van der Waals surface area contributed by atoms with E-state index in [1.54, 1.807) is 0 Å². The summed E-state index contributed by atoms with van der Waals surface area (Å²) in [5.41, 5.74) is 2.46. The van der Waals surface area contributed by atoms with Crippen LogP contribution in [0.25, 0.3) is 0 Å². The second-order valence-electron chi connectivity index (χ2n) is 7.54. The molecule has 1 unspecified atom stereocenters. The maximum atomic E-state index is 13.1. The minimum absolute atomic E-state index is 0.0538. The number of carbonyl (C=O) groups is 1. The highest BCUT2D eigenvalue weighted by Crippen LogP contribution is 2.24. The van der Waals surface area contributed by atoms with Gasteiger partial charge in [0.25, 0.3) is 0 Å². The average Bonchev–Trinajstić information content (AvgIpc) is 2.71.